The minimum Gasteiger partial charge on any atom is -0.507 e. The first-order valence-electron chi connectivity index (χ1n) is 6.05. The van der Waals surface area contributed by atoms with E-state index >= 15 is 0 Å². The number of nitrogens with one attached hydrogen (secondary N) is 1. The van der Waals surface area contributed by atoms with Crippen molar-refractivity contribution in [3.63, 3.8) is 0 Å². The summed E-state index contributed by atoms with van der Waals surface area (Å²) < 4.78 is 10.5. The second-order valence-corrected chi connectivity index (χ2v) is 4.41. The molecule has 5 nitrogen and oxygen atoms in total. The van der Waals surface area contributed by atoms with Crippen LogP contribution in [0.3, 0.4) is 0 Å². The van der Waals surface area contributed by atoms with Gasteiger partial charge < -0.3 is 19.6 Å². The number of hydrogen-bond donors (Lipinski definition) is 2. The maximum absolute atomic E-state index is 12.6. The van der Waals surface area contributed by atoms with Crippen molar-refractivity contribution in [3.8, 4) is 17.2 Å². The van der Waals surface area contributed by atoms with Crippen molar-refractivity contribution in [2.24, 2.45) is 0 Å². The molecule has 102 valence electrons. The van der Waals surface area contributed by atoms with Crippen molar-refractivity contribution in [2.75, 3.05) is 14.2 Å². The van der Waals surface area contributed by atoms with E-state index in [9.17, 15) is 9.90 Å². The summed E-state index contributed by atoms with van der Waals surface area (Å²) in [6.45, 7) is 0. The fourth-order valence-corrected chi connectivity index (χ4v) is 2.33. The Morgan fingerprint density at radius 2 is 1.95 bits per heavy atom. The Hall–Kier alpha value is -2.69. The zero-order valence-corrected chi connectivity index (χ0v) is 11.1. The number of phenolic OH excluding ortho intramolecular Hbond substituents is 1. The van der Waals surface area contributed by atoms with E-state index in [1.165, 1.54) is 20.3 Å². The number of fused-ring (bicyclic) bond motifs is 2. The van der Waals surface area contributed by atoms with Gasteiger partial charge in [-0.1, -0.05) is 6.07 Å². The number of H-pyrrole nitrogens is 1. The standard InChI is InChI=1S/C15H13NO4/c1-19-8-6-9-14(12(7-8)20-2)16-10-4-3-5-11(17)13(10)15(9)18/h3-7,17H,1-2H3,(H,16,18). The van der Waals surface area contributed by atoms with Gasteiger partial charge in [0.25, 0.3) is 0 Å². The lowest BCUT2D eigenvalue weighted by Gasteiger charge is -2.10. The first-order valence-corrected chi connectivity index (χ1v) is 6.05. The van der Waals surface area contributed by atoms with Crippen LogP contribution in [0.1, 0.15) is 0 Å². The molecule has 0 amide bonds. The average Bonchev–Trinajstić information content (AvgIpc) is 2.46. The van der Waals surface area contributed by atoms with Crippen LogP contribution in [0.2, 0.25) is 0 Å². The topological polar surface area (TPSA) is 71.6 Å². The Morgan fingerprint density at radius 3 is 2.65 bits per heavy atom. The summed E-state index contributed by atoms with van der Waals surface area (Å²) in [5.41, 5.74) is 0.881. The lowest BCUT2D eigenvalue weighted by Crippen LogP contribution is -2.05. The van der Waals surface area contributed by atoms with Gasteiger partial charge in [0, 0.05) is 6.07 Å². The molecular formula is C15H13NO4. The molecule has 3 aromatic rings. The zero-order valence-electron chi connectivity index (χ0n) is 11.1. The van der Waals surface area contributed by atoms with Gasteiger partial charge in [0.1, 0.15) is 17.2 Å². The van der Waals surface area contributed by atoms with Gasteiger partial charge >= 0.3 is 0 Å². The quantitative estimate of drug-likeness (QED) is 0.702. The number of aromatic amines is 1. The predicted octanol–water partition coefficient (Wildman–Crippen LogP) is 2.40. The highest BCUT2D eigenvalue weighted by Gasteiger charge is 2.13. The molecule has 0 aliphatic rings. The molecule has 0 aliphatic carbocycles. The second-order valence-electron chi connectivity index (χ2n) is 4.41. The number of phenols is 1. The number of rotatable bonds is 2. The van der Waals surface area contributed by atoms with Crippen molar-refractivity contribution in [1.82, 2.24) is 4.98 Å². The molecular weight excluding hydrogens is 258 g/mol. The summed E-state index contributed by atoms with van der Waals surface area (Å²) in [4.78, 5) is 15.7. The molecule has 0 aliphatic heterocycles. The van der Waals surface area contributed by atoms with Crippen molar-refractivity contribution in [2.45, 2.75) is 0 Å². The van der Waals surface area contributed by atoms with E-state index in [2.05, 4.69) is 4.98 Å². The third kappa shape index (κ3) is 1.67. The smallest absolute Gasteiger partial charge is 0.201 e. The van der Waals surface area contributed by atoms with Crippen molar-refractivity contribution in [1.29, 1.82) is 0 Å². The average molecular weight is 271 g/mol. The number of pyridine rings is 1. The fraction of sp³-hybridized carbons (Fsp3) is 0.133. The number of aromatic nitrogens is 1. The molecule has 3 rings (SSSR count). The molecule has 0 unspecified atom stereocenters. The predicted molar refractivity (Wildman–Crippen MR) is 76.8 cm³/mol. The molecule has 5 heteroatoms. The van der Waals surface area contributed by atoms with Crippen LogP contribution in [0, 0.1) is 0 Å². The largest absolute Gasteiger partial charge is 0.507 e. The summed E-state index contributed by atoms with van der Waals surface area (Å²) in [5.74, 6) is 0.990. The van der Waals surface area contributed by atoms with Crippen molar-refractivity contribution < 1.29 is 14.6 Å². The minimum atomic E-state index is -0.260. The first kappa shape index (κ1) is 12.3. The molecule has 0 saturated carbocycles. The van der Waals surface area contributed by atoms with Crippen LogP contribution in [0.5, 0.6) is 17.2 Å². The number of methoxy groups -OCH3 is 2. The Morgan fingerprint density at radius 1 is 1.15 bits per heavy atom. The maximum atomic E-state index is 12.6. The third-order valence-corrected chi connectivity index (χ3v) is 3.31. The Bertz CT molecular complexity index is 867. The van der Waals surface area contributed by atoms with E-state index in [0.29, 0.717) is 27.9 Å². The molecule has 0 spiro atoms. The zero-order chi connectivity index (χ0) is 14.3. The molecule has 0 saturated heterocycles. The van der Waals surface area contributed by atoms with Gasteiger partial charge in [0.15, 0.2) is 0 Å². The monoisotopic (exact) mass is 271 g/mol. The van der Waals surface area contributed by atoms with Crippen LogP contribution in [0.25, 0.3) is 21.8 Å². The van der Waals surface area contributed by atoms with Crippen molar-refractivity contribution >= 4 is 21.8 Å². The molecule has 0 fully saturated rings. The van der Waals surface area contributed by atoms with Gasteiger partial charge in [0.2, 0.25) is 5.43 Å². The van der Waals surface area contributed by atoms with Gasteiger partial charge in [-0.15, -0.1) is 0 Å². The van der Waals surface area contributed by atoms with Crippen LogP contribution in [0.4, 0.5) is 0 Å². The van der Waals surface area contributed by atoms with E-state index in [0.717, 1.165) is 0 Å². The highest BCUT2D eigenvalue weighted by Crippen LogP contribution is 2.31. The molecule has 1 aromatic heterocycles. The van der Waals surface area contributed by atoms with E-state index in [1.54, 1.807) is 24.3 Å². The maximum Gasteiger partial charge on any atom is 0.201 e. The molecule has 0 radical (unpaired) electrons. The number of aromatic hydroxyl groups is 1. The van der Waals surface area contributed by atoms with E-state index in [-0.39, 0.29) is 16.6 Å². The Balaban J connectivity index is 2.56. The molecule has 2 N–H and O–H groups in total. The molecule has 2 aromatic carbocycles. The highest BCUT2D eigenvalue weighted by atomic mass is 16.5. The number of ether oxygens (including phenoxy) is 2. The number of hydrogen-bond acceptors (Lipinski definition) is 4. The molecule has 1 heterocycles. The second kappa shape index (κ2) is 4.45. The van der Waals surface area contributed by atoms with Gasteiger partial charge in [-0.3, -0.25) is 4.79 Å². The first-order chi connectivity index (χ1) is 9.65. The van der Waals surface area contributed by atoms with Gasteiger partial charge in [-0.25, -0.2) is 0 Å². The number of benzene rings is 2. The summed E-state index contributed by atoms with van der Waals surface area (Å²) >= 11 is 0. The normalized spacial score (nSPS) is 10.9. The summed E-state index contributed by atoms with van der Waals surface area (Å²) in [6.07, 6.45) is 0. The lowest BCUT2D eigenvalue weighted by atomic mass is 10.1. The van der Waals surface area contributed by atoms with Crippen LogP contribution in [0.15, 0.2) is 35.1 Å². The van der Waals surface area contributed by atoms with Crippen molar-refractivity contribution in [3.05, 3.63) is 40.6 Å². The Kier molecular flexibility index (Phi) is 2.75. The minimum absolute atomic E-state index is 0.0487. The molecule has 20 heavy (non-hydrogen) atoms. The molecule has 0 atom stereocenters. The van der Waals surface area contributed by atoms with E-state index in [1.807, 2.05) is 0 Å². The lowest BCUT2D eigenvalue weighted by molar-refractivity contribution is 0.397. The fourth-order valence-electron chi connectivity index (χ4n) is 2.33. The SMILES string of the molecule is COc1cc(OC)c2[nH]c3cccc(O)c3c(=O)c2c1. The Labute approximate surface area is 114 Å². The summed E-state index contributed by atoms with van der Waals surface area (Å²) in [6, 6.07) is 8.23. The van der Waals surface area contributed by atoms with Gasteiger partial charge in [0.05, 0.1) is 36.0 Å². The van der Waals surface area contributed by atoms with E-state index < -0.39 is 0 Å². The van der Waals surface area contributed by atoms with Crippen LogP contribution >= 0.6 is 0 Å². The van der Waals surface area contributed by atoms with Gasteiger partial charge in [-0.05, 0) is 18.2 Å². The van der Waals surface area contributed by atoms with Crippen LogP contribution in [-0.4, -0.2) is 24.3 Å². The van der Waals surface area contributed by atoms with Crippen LogP contribution in [-0.2, 0) is 0 Å². The summed E-state index contributed by atoms with van der Waals surface area (Å²) in [7, 11) is 3.05. The summed E-state index contributed by atoms with van der Waals surface area (Å²) in [5, 5.41) is 10.6. The molecule has 0 bridgehead atoms. The van der Waals surface area contributed by atoms with E-state index in [4.69, 9.17) is 9.47 Å². The highest BCUT2D eigenvalue weighted by molar-refractivity contribution is 5.98. The third-order valence-electron chi connectivity index (χ3n) is 3.31. The van der Waals surface area contributed by atoms with Crippen LogP contribution < -0.4 is 14.9 Å². The van der Waals surface area contributed by atoms with Gasteiger partial charge in [-0.2, -0.15) is 0 Å².